The summed E-state index contributed by atoms with van der Waals surface area (Å²) in [7, 11) is 0. The van der Waals surface area contributed by atoms with Crippen LogP contribution in [0, 0.1) is 5.92 Å². The molecule has 4 rings (SSSR count). The van der Waals surface area contributed by atoms with E-state index in [1.54, 1.807) is 6.26 Å². The average Bonchev–Trinajstić information content (AvgIpc) is 3.20. The predicted molar refractivity (Wildman–Crippen MR) is 86.1 cm³/mol. The zero-order valence-electron chi connectivity index (χ0n) is 13.1. The fourth-order valence-electron chi connectivity index (χ4n) is 3.84. The number of fused-ring (bicyclic) bond motifs is 3. The highest BCUT2D eigenvalue weighted by Gasteiger charge is 2.38. The molecule has 4 nitrogen and oxygen atoms in total. The molecule has 3 heterocycles. The van der Waals surface area contributed by atoms with Gasteiger partial charge in [0.2, 0.25) is 0 Å². The molecule has 2 fully saturated rings. The summed E-state index contributed by atoms with van der Waals surface area (Å²) in [5, 5.41) is 4.28. The molecule has 1 amide bonds. The third-order valence-corrected chi connectivity index (χ3v) is 5.14. The number of nitrogens with zero attached hydrogens (tertiary/aromatic N) is 1. The maximum absolute atomic E-state index is 12.6. The molecule has 1 aromatic heterocycles. The highest BCUT2D eigenvalue weighted by Crippen LogP contribution is 2.30. The van der Waals surface area contributed by atoms with Crippen molar-refractivity contribution in [2.45, 2.75) is 32.2 Å². The number of piperidine rings is 1. The molecule has 0 radical (unpaired) electrons. The molecule has 1 N–H and O–H groups in total. The minimum Gasteiger partial charge on any atom is -0.464 e. The van der Waals surface area contributed by atoms with Crippen molar-refractivity contribution in [2.75, 3.05) is 19.6 Å². The fourth-order valence-corrected chi connectivity index (χ4v) is 3.84. The van der Waals surface area contributed by atoms with E-state index >= 15 is 0 Å². The first-order valence-corrected chi connectivity index (χ1v) is 8.16. The van der Waals surface area contributed by atoms with Gasteiger partial charge in [-0.15, -0.1) is 0 Å². The largest absolute Gasteiger partial charge is 0.464 e. The third-order valence-electron chi connectivity index (χ3n) is 5.14. The molecule has 116 valence electrons. The van der Waals surface area contributed by atoms with Gasteiger partial charge in [0, 0.05) is 35.6 Å². The molecule has 1 aromatic carbocycles. The van der Waals surface area contributed by atoms with Crippen molar-refractivity contribution in [3.8, 4) is 0 Å². The predicted octanol–water partition coefficient (Wildman–Crippen LogP) is 2.99. The average molecular weight is 298 g/mol. The first kappa shape index (κ1) is 13.8. The molecule has 2 unspecified atom stereocenters. The van der Waals surface area contributed by atoms with Gasteiger partial charge in [0.1, 0.15) is 5.58 Å². The van der Waals surface area contributed by atoms with E-state index < -0.39 is 0 Å². The van der Waals surface area contributed by atoms with Crippen LogP contribution in [-0.2, 0) is 0 Å². The van der Waals surface area contributed by atoms with E-state index in [1.165, 1.54) is 13.0 Å². The topological polar surface area (TPSA) is 45.5 Å². The summed E-state index contributed by atoms with van der Waals surface area (Å²) in [5.41, 5.74) is 2.75. The normalized spacial score (nSPS) is 27.0. The van der Waals surface area contributed by atoms with Gasteiger partial charge in [0.25, 0.3) is 5.91 Å². The van der Waals surface area contributed by atoms with Crippen LogP contribution in [-0.4, -0.2) is 36.5 Å². The molecular weight excluding hydrogens is 276 g/mol. The van der Waals surface area contributed by atoms with Crippen molar-refractivity contribution in [2.24, 2.45) is 5.92 Å². The Bertz CT molecular complexity index is 719. The van der Waals surface area contributed by atoms with Gasteiger partial charge in [-0.25, -0.2) is 0 Å². The summed E-state index contributed by atoms with van der Waals surface area (Å²) >= 11 is 0. The fraction of sp³-hybridized carbons (Fsp3) is 0.500. The van der Waals surface area contributed by atoms with Gasteiger partial charge in [0.05, 0.1) is 6.26 Å². The molecule has 22 heavy (non-hydrogen) atoms. The Labute approximate surface area is 130 Å². The Kier molecular flexibility index (Phi) is 3.22. The van der Waals surface area contributed by atoms with Crippen LogP contribution >= 0.6 is 0 Å². The lowest BCUT2D eigenvalue weighted by Gasteiger charge is -2.23. The van der Waals surface area contributed by atoms with E-state index in [-0.39, 0.29) is 5.91 Å². The van der Waals surface area contributed by atoms with Crippen LogP contribution in [0.15, 0.2) is 28.9 Å². The van der Waals surface area contributed by atoms with Crippen molar-refractivity contribution >= 4 is 16.9 Å². The highest BCUT2D eigenvalue weighted by molar-refractivity contribution is 5.98. The van der Waals surface area contributed by atoms with E-state index in [4.69, 9.17) is 4.42 Å². The molecule has 0 saturated carbocycles. The van der Waals surface area contributed by atoms with Crippen LogP contribution < -0.4 is 5.32 Å². The number of hydrogen-bond donors (Lipinski definition) is 1. The zero-order chi connectivity index (χ0) is 15.3. The Morgan fingerprint density at radius 3 is 2.91 bits per heavy atom. The van der Waals surface area contributed by atoms with Crippen LogP contribution in [0.4, 0.5) is 0 Å². The summed E-state index contributed by atoms with van der Waals surface area (Å²) in [6.45, 7) is 7.61. The zero-order valence-corrected chi connectivity index (χ0v) is 13.1. The van der Waals surface area contributed by atoms with E-state index in [0.29, 0.717) is 17.9 Å². The lowest BCUT2D eigenvalue weighted by atomic mass is 9.98. The summed E-state index contributed by atoms with van der Waals surface area (Å²) < 4.78 is 5.58. The lowest BCUT2D eigenvalue weighted by Crippen LogP contribution is -2.43. The molecule has 2 saturated heterocycles. The Hall–Kier alpha value is -1.81. The lowest BCUT2D eigenvalue weighted by molar-refractivity contribution is 0.0924. The molecule has 4 heteroatoms. The summed E-state index contributed by atoms with van der Waals surface area (Å²) in [5.74, 6) is 1.06. The standard InChI is InChI=1S/C18H22N2O2/c1-11(2)15-10-22-17-4-3-12(7-14(15)17)18(21)19-16-9-20-6-5-13(16)8-20/h3-4,7,10-11,13,16H,5-6,8-9H2,1-2H3,(H,19,21)/t13-,16?/m0/s1. The van der Waals surface area contributed by atoms with Crippen LogP contribution in [0.25, 0.3) is 11.0 Å². The molecule has 2 aromatic rings. The number of nitrogens with one attached hydrogen (secondary N) is 1. The Morgan fingerprint density at radius 1 is 1.36 bits per heavy atom. The Balaban J connectivity index is 1.57. The highest BCUT2D eigenvalue weighted by atomic mass is 16.3. The van der Waals surface area contributed by atoms with Crippen molar-refractivity contribution < 1.29 is 9.21 Å². The summed E-state index contributed by atoms with van der Waals surface area (Å²) in [6.07, 6.45) is 3.02. The van der Waals surface area contributed by atoms with Crippen molar-refractivity contribution in [1.82, 2.24) is 10.2 Å². The van der Waals surface area contributed by atoms with Crippen molar-refractivity contribution in [3.05, 3.63) is 35.6 Å². The van der Waals surface area contributed by atoms with Gasteiger partial charge >= 0.3 is 0 Å². The second kappa shape index (κ2) is 5.13. The number of carbonyl (C=O) groups is 1. The molecule has 2 aliphatic rings. The van der Waals surface area contributed by atoms with Gasteiger partial charge in [-0.1, -0.05) is 13.8 Å². The van der Waals surface area contributed by atoms with E-state index in [0.717, 1.165) is 35.2 Å². The maximum Gasteiger partial charge on any atom is 0.251 e. The van der Waals surface area contributed by atoms with Gasteiger partial charge in [0.15, 0.2) is 0 Å². The van der Waals surface area contributed by atoms with Gasteiger partial charge in [-0.3, -0.25) is 4.79 Å². The van der Waals surface area contributed by atoms with Crippen LogP contribution in [0.3, 0.4) is 0 Å². The molecule has 2 aliphatic heterocycles. The van der Waals surface area contributed by atoms with Gasteiger partial charge in [-0.2, -0.15) is 0 Å². The van der Waals surface area contributed by atoms with Gasteiger partial charge in [-0.05, 0) is 43.0 Å². The monoisotopic (exact) mass is 298 g/mol. The van der Waals surface area contributed by atoms with Crippen molar-refractivity contribution in [3.63, 3.8) is 0 Å². The number of rotatable bonds is 3. The SMILES string of the molecule is CC(C)c1coc2ccc(C(=O)NC3CN4CC[C@H]3C4)cc12. The minimum absolute atomic E-state index is 0.0385. The minimum atomic E-state index is 0.0385. The molecule has 2 bridgehead atoms. The summed E-state index contributed by atoms with van der Waals surface area (Å²) in [6, 6.07) is 6.04. The van der Waals surface area contributed by atoms with Crippen LogP contribution in [0.5, 0.6) is 0 Å². The van der Waals surface area contributed by atoms with Gasteiger partial charge < -0.3 is 14.6 Å². The molecule has 3 atom stereocenters. The third kappa shape index (κ3) is 2.22. The maximum atomic E-state index is 12.6. The number of furan rings is 1. The van der Waals surface area contributed by atoms with Crippen LogP contribution in [0.1, 0.15) is 42.1 Å². The van der Waals surface area contributed by atoms with Crippen molar-refractivity contribution in [1.29, 1.82) is 0 Å². The Morgan fingerprint density at radius 2 is 2.23 bits per heavy atom. The quantitative estimate of drug-likeness (QED) is 0.947. The van der Waals surface area contributed by atoms with E-state index in [9.17, 15) is 4.79 Å². The van der Waals surface area contributed by atoms with Crippen LogP contribution in [0.2, 0.25) is 0 Å². The second-order valence-corrected chi connectivity index (χ2v) is 6.94. The first-order chi connectivity index (χ1) is 10.6. The van der Waals surface area contributed by atoms with E-state index in [2.05, 4.69) is 24.1 Å². The van der Waals surface area contributed by atoms with E-state index in [1.807, 2.05) is 18.2 Å². The smallest absolute Gasteiger partial charge is 0.251 e. The number of amides is 1. The second-order valence-electron chi connectivity index (χ2n) is 6.94. The first-order valence-electron chi connectivity index (χ1n) is 8.16. The number of hydrogen-bond acceptors (Lipinski definition) is 3. The number of carbonyl (C=O) groups excluding carboxylic acids is 1. The molecule has 0 spiro atoms. The molecular formula is C18H22N2O2. The number of benzene rings is 1. The summed E-state index contributed by atoms with van der Waals surface area (Å²) in [4.78, 5) is 15.0. The molecule has 0 aliphatic carbocycles.